The Hall–Kier alpha value is -1.15. The molecule has 0 heterocycles. The molecule has 0 aliphatic rings. The lowest BCUT2D eigenvalue weighted by atomic mass is 9.99. The van der Waals surface area contributed by atoms with Crippen molar-refractivity contribution >= 4 is 0 Å². The molecule has 1 aromatic carbocycles. The average molecular weight is 179 g/mol. The third-order valence-electron chi connectivity index (χ3n) is 2.10. The smallest absolute Gasteiger partial charge is 0.123 e. The predicted molar refractivity (Wildman–Crippen MR) is 52.9 cm³/mol. The first kappa shape index (κ1) is 9.93. The van der Waals surface area contributed by atoms with Gasteiger partial charge in [-0.3, -0.25) is 0 Å². The summed E-state index contributed by atoms with van der Waals surface area (Å²) in [6, 6.07) is 4.43. The Morgan fingerprint density at radius 2 is 2.31 bits per heavy atom. The highest BCUT2D eigenvalue weighted by atomic mass is 19.1. The maximum atomic E-state index is 12.9. The number of halogens is 1. The van der Waals surface area contributed by atoms with Crippen LogP contribution in [0.4, 0.5) is 4.39 Å². The second-order valence-corrected chi connectivity index (χ2v) is 2.96. The molecule has 0 aliphatic carbocycles. The van der Waals surface area contributed by atoms with Crippen molar-refractivity contribution in [2.45, 2.75) is 19.4 Å². The molecule has 70 valence electrons. The zero-order chi connectivity index (χ0) is 9.84. The second kappa shape index (κ2) is 4.19. The Balaban J connectivity index is 3.14. The summed E-state index contributed by atoms with van der Waals surface area (Å²) in [5.74, 6) is -0.246. The van der Waals surface area contributed by atoms with Crippen LogP contribution in [-0.4, -0.2) is 0 Å². The van der Waals surface area contributed by atoms with Gasteiger partial charge in [-0.15, -0.1) is 6.58 Å². The minimum Gasteiger partial charge on any atom is -0.321 e. The van der Waals surface area contributed by atoms with Gasteiger partial charge in [0.2, 0.25) is 0 Å². The van der Waals surface area contributed by atoms with Gasteiger partial charge in [-0.2, -0.15) is 0 Å². The van der Waals surface area contributed by atoms with Gasteiger partial charge in [-0.05, 0) is 29.7 Å². The largest absolute Gasteiger partial charge is 0.321 e. The maximum absolute atomic E-state index is 12.9. The molecule has 1 nitrogen and oxygen atoms in total. The minimum absolute atomic E-state index is 0.246. The second-order valence-electron chi connectivity index (χ2n) is 2.96. The van der Waals surface area contributed by atoms with E-state index in [0.717, 1.165) is 17.5 Å². The molecule has 1 rings (SSSR count). The van der Waals surface area contributed by atoms with Crippen LogP contribution in [0, 0.1) is 5.82 Å². The summed E-state index contributed by atoms with van der Waals surface area (Å²) in [5, 5.41) is 0. The predicted octanol–water partition coefficient (Wildman–Crippen LogP) is 2.57. The van der Waals surface area contributed by atoms with E-state index >= 15 is 0 Å². The maximum Gasteiger partial charge on any atom is 0.123 e. The number of hydrogen-bond acceptors (Lipinski definition) is 1. The van der Waals surface area contributed by atoms with Crippen molar-refractivity contribution in [1.82, 2.24) is 0 Å². The van der Waals surface area contributed by atoms with Crippen LogP contribution in [0.2, 0.25) is 0 Å². The lowest BCUT2D eigenvalue weighted by molar-refractivity contribution is 0.622. The Morgan fingerprint density at radius 3 is 2.85 bits per heavy atom. The van der Waals surface area contributed by atoms with Crippen molar-refractivity contribution in [2.75, 3.05) is 0 Å². The summed E-state index contributed by atoms with van der Waals surface area (Å²) < 4.78 is 12.9. The summed E-state index contributed by atoms with van der Waals surface area (Å²) in [5.41, 5.74) is 7.66. The first-order chi connectivity index (χ1) is 6.19. The highest BCUT2D eigenvalue weighted by Gasteiger charge is 2.07. The molecule has 1 unspecified atom stereocenters. The summed E-state index contributed by atoms with van der Waals surface area (Å²) in [6.45, 7) is 5.61. The Morgan fingerprint density at radius 1 is 1.62 bits per heavy atom. The van der Waals surface area contributed by atoms with E-state index in [0.29, 0.717) is 0 Å². The van der Waals surface area contributed by atoms with E-state index < -0.39 is 0 Å². The summed E-state index contributed by atoms with van der Waals surface area (Å²) in [4.78, 5) is 0. The van der Waals surface area contributed by atoms with Crippen LogP contribution in [0.5, 0.6) is 0 Å². The van der Waals surface area contributed by atoms with Crippen LogP contribution in [0.3, 0.4) is 0 Å². The molecule has 1 aromatic rings. The fourth-order valence-electron chi connectivity index (χ4n) is 1.33. The lowest BCUT2D eigenvalue weighted by Gasteiger charge is -2.11. The van der Waals surface area contributed by atoms with Crippen molar-refractivity contribution in [3.8, 4) is 0 Å². The van der Waals surface area contributed by atoms with Gasteiger partial charge in [-0.1, -0.05) is 19.1 Å². The van der Waals surface area contributed by atoms with E-state index in [4.69, 9.17) is 5.73 Å². The Kier molecular flexibility index (Phi) is 3.20. The number of hydrogen-bond donors (Lipinski definition) is 1. The van der Waals surface area contributed by atoms with E-state index in [1.807, 2.05) is 6.92 Å². The molecule has 1 atom stereocenters. The molecule has 0 radical (unpaired) electrons. The normalized spacial score (nSPS) is 12.5. The van der Waals surface area contributed by atoms with E-state index in [1.165, 1.54) is 12.1 Å². The van der Waals surface area contributed by atoms with Gasteiger partial charge in [0.15, 0.2) is 0 Å². The zero-order valence-electron chi connectivity index (χ0n) is 7.76. The Bertz CT molecular complexity index is 307. The molecule has 2 heteroatoms. The SMILES string of the molecule is C=CC(N)c1cc(F)ccc1CC. The number of rotatable bonds is 3. The van der Waals surface area contributed by atoms with Crippen molar-refractivity contribution in [2.24, 2.45) is 5.73 Å². The molecule has 0 aliphatic heterocycles. The number of aryl methyl sites for hydroxylation is 1. The summed E-state index contributed by atoms with van der Waals surface area (Å²) >= 11 is 0. The van der Waals surface area contributed by atoms with E-state index in [-0.39, 0.29) is 11.9 Å². The topological polar surface area (TPSA) is 26.0 Å². The first-order valence-electron chi connectivity index (χ1n) is 4.35. The average Bonchev–Trinajstić information content (AvgIpc) is 2.16. The molecule has 2 N–H and O–H groups in total. The van der Waals surface area contributed by atoms with Crippen molar-refractivity contribution in [1.29, 1.82) is 0 Å². The molecule has 0 bridgehead atoms. The van der Waals surface area contributed by atoms with Crippen molar-refractivity contribution in [3.63, 3.8) is 0 Å². The highest BCUT2D eigenvalue weighted by molar-refractivity contribution is 5.32. The van der Waals surface area contributed by atoms with Gasteiger partial charge in [0.25, 0.3) is 0 Å². The van der Waals surface area contributed by atoms with Gasteiger partial charge in [0, 0.05) is 6.04 Å². The monoisotopic (exact) mass is 179 g/mol. The molecule has 0 aromatic heterocycles. The molecule has 0 fully saturated rings. The van der Waals surface area contributed by atoms with E-state index in [1.54, 1.807) is 12.1 Å². The van der Waals surface area contributed by atoms with Gasteiger partial charge in [0.1, 0.15) is 5.82 Å². The summed E-state index contributed by atoms with van der Waals surface area (Å²) in [6.07, 6.45) is 2.48. The van der Waals surface area contributed by atoms with Gasteiger partial charge in [-0.25, -0.2) is 4.39 Å². The first-order valence-corrected chi connectivity index (χ1v) is 4.35. The van der Waals surface area contributed by atoms with Crippen molar-refractivity contribution in [3.05, 3.63) is 47.8 Å². The Labute approximate surface area is 78.1 Å². The molecule has 0 spiro atoms. The molecule has 0 saturated carbocycles. The highest BCUT2D eigenvalue weighted by Crippen LogP contribution is 2.18. The molecular formula is C11H14FN. The number of benzene rings is 1. The van der Waals surface area contributed by atoms with Gasteiger partial charge in [0.05, 0.1) is 0 Å². The zero-order valence-corrected chi connectivity index (χ0v) is 7.76. The van der Waals surface area contributed by atoms with Crippen LogP contribution in [0.15, 0.2) is 30.9 Å². The van der Waals surface area contributed by atoms with Gasteiger partial charge >= 0.3 is 0 Å². The fourth-order valence-corrected chi connectivity index (χ4v) is 1.33. The molecule has 0 amide bonds. The van der Waals surface area contributed by atoms with Crippen LogP contribution >= 0.6 is 0 Å². The molecule has 0 saturated heterocycles. The minimum atomic E-state index is -0.273. The third-order valence-corrected chi connectivity index (χ3v) is 2.10. The quantitative estimate of drug-likeness (QED) is 0.709. The molecule has 13 heavy (non-hydrogen) atoms. The fraction of sp³-hybridized carbons (Fsp3) is 0.273. The molecular weight excluding hydrogens is 165 g/mol. The van der Waals surface area contributed by atoms with Gasteiger partial charge < -0.3 is 5.73 Å². The van der Waals surface area contributed by atoms with Crippen LogP contribution in [0.25, 0.3) is 0 Å². The lowest BCUT2D eigenvalue weighted by Crippen LogP contribution is -2.09. The summed E-state index contributed by atoms with van der Waals surface area (Å²) in [7, 11) is 0. The van der Waals surface area contributed by atoms with E-state index in [9.17, 15) is 4.39 Å². The van der Waals surface area contributed by atoms with E-state index in [2.05, 4.69) is 6.58 Å². The number of nitrogens with two attached hydrogens (primary N) is 1. The van der Waals surface area contributed by atoms with Crippen LogP contribution in [-0.2, 0) is 6.42 Å². The van der Waals surface area contributed by atoms with Crippen LogP contribution < -0.4 is 5.73 Å². The third kappa shape index (κ3) is 2.16. The van der Waals surface area contributed by atoms with Crippen molar-refractivity contribution < 1.29 is 4.39 Å². The van der Waals surface area contributed by atoms with Crippen LogP contribution in [0.1, 0.15) is 24.1 Å². The standard InChI is InChI=1S/C11H14FN/c1-3-8-5-6-9(12)7-10(8)11(13)4-2/h4-7,11H,2-3,13H2,1H3.